The lowest BCUT2D eigenvalue weighted by Crippen LogP contribution is -2.14. The Kier molecular flexibility index (Phi) is 5.82. The summed E-state index contributed by atoms with van der Waals surface area (Å²) in [5, 5.41) is 0. The van der Waals surface area contributed by atoms with Crippen molar-refractivity contribution in [2.75, 3.05) is 6.61 Å². The maximum atomic E-state index is 11.9. The van der Waals surface area contributed by atoms with Gasteiger partial charge in [0.15, 0.2) is 0 Å². The molecule has 0 aliphatic rings. The molecule has 0 N–H and O–H groups in total. The van der Waals surface area contributed by atoms with Crippen LogP contribution in [0.2, 0.25) is 0 Å². The molecule has 0 bridgehead atoms. The summed E-state index contributed by atoms with van der Waals surface area (Å²) in [5.41, 5.74) is 1.03. The minimum Gasteiger partial charge on any atom is -0.266 e. The quantitative estimate of drug-likeness (QED) is 0.712. The van der Waals surface area contributed by atoms with Crippen LogP contribution in [0.5, 0.6) is 0 Å². The fourth-order valence-electron chi connectivity index (χ4n) is 1.77. The fraction of sp³-hybridized carbons (Fsp3) is 0.571. The minimum absolute atomic E-state index is 0.236. The third-order valence-corrected chi connectivity index (χ3v) is 4.34. The molecule has 1 aromatic carbocycles. The molecular weight excluding hydrogens is 248 g/mol. The lowest BCUT2D eigenvalue weighted by atomic mass is 10.0. The highest BCUT2D eigenvalue weighted by molar-refractivity contribution is 7.86. The van der Waals surface area contributed by atoms with Crippen molar-refractivity contribution in [2.45, 2.75) is 44.9 Å². The van der Waals surface area contributed by atoms with Gasteiger partial charge in [0.25, 0.3) is 10.1 Å². The molecule has 0 heterocycles. The summed E-state index contributed by atoms with van der Waals surface area (Å²) in [4.78, 5) is 0.236. The van der Waals surface area contributed by atoms with Gasteiger partial charge >= 0.3 is 0 Å². The maximum Gasteiger partial charge on any atom is 0.296 e. The van der Waals surface area contributed by atoms with Crippen LogP contribution in [0.4, 0.5) is 0 Å². The van der Waals surface area contributed by atoms with Gasteiger partial charge in [-0.2, -0.15) is 8.42 Å². The van der Waals surface area contributed by atoms with Crippen molar-refractivity contribution >= 4 is 10.1 Å². The molecule has 0 aliphatic carbocycles. The zero-order valence-corrected chi connectivity index (χ0v) is 12.2. The van der Waals surface area contributed by atoms with Crippen LogP contribution in [-0.4, -0.2) is 15.0 Å². The molecule has 1 atom stereocenters. The lowest BCUT2D eigenvalue weighted by Gasteiger charge is -2.13. The van der Waals surface area contributed by atoms with Crippen LogP contribution in [0.1, 0.15) is 38.7 Å². The Hall–Kier alpha value is -0.870. The van der Waals surface area contributed by atoms with E-state index in [0.717, 1.165) is 24.8 Å². The van der Waals surface area contributed by atoms with Gasteiger partial charge in [-0.15, -0.1) is 0 Å². The molecule has 3 nitrogen and oxygen atoms in total. The van der Waals surface area contributed by atoms with Crippen LogP contribution in [0, 0.1) is 12.8 Å². The van der Waals surface area contributed by atoms with Gasteiger partial charge in [-0.1, -0.05) is 44.4 Å². The second-order valence-electron chi connectivity index (χ2n) is 4.61. The van der Waals surface area contributed by atoms with E-state index in [1.54, 1.807) is 24.3 Å². The van der Waals surface area contributed by atoms with Crippen LogP contribution in [0.15, 0.2) is 29.2 Å². The molecule has 0 aromatic heterocycles. The van der Waals surface area contributed by atoms with E-state index >= 15 is 0 Å². The van der Waals surface area contributed by atoms with Crippen molar-refractivity contribution < 1.29 is 12.6 Å². The van der Waals surface area contributed by atoms with Crippen molar-refractivity contribution in [3.63, 3.8) is 0 Å². The maximum absolute atomic E-state index is 11.9. The summed E-state index contributed by atoms with van der Waals surface area (Å²) in [5.74, 6) is 0.315. The number of aryl methyl sites for hydroxylation is 1. The van der Waals surface area contributed by atoms with Crippen molar-refractivity contribution in [1.29, 1.82) is 0 Å². The van der Waals surface area contributed by atoms with Crippen LogP contribution in [-0.2, 0) is 14.3 Å². The molecule has 0 aliphatic heterocycles. The zero-order chi connectivity index (χ0) is 13.6. The average Bonchev–Trinajstić information content (AvgIpc) is 2.35. The summed E-state index contributed by atoms with van der Waals surface area (Å²) in [6.45, 7) is 6.35. The van der Waals surface area contributed by atoms with E-state index in [1.165, 1.54) is 0 Å². The molecule has 4 heteroatoms. The van der Waals surface area contributed by atoms with Crippen LogP contribution in [0.25, 0.3) is 0 Å². The van der Waals surface area contributed by atoms with Crippen LogP contribution in [0.3, 0.4) is 0 Å². The van der Waals surface area contributed by atoms with Crippen molar-refractivity contribution in [3.05, 3.63) is 29.8 Å². The summed E-state index contributed by atoms with van der Waals surface area (Å²) in [6.07, 6.45) is 2.99. The van der Waals surface area contributed by atoms with Gasteiger partial charge in [0.1, 0.15) is 0 Å². The van der Waals surface area contributed by atoms with E-state index in [1.807, 2.05) is 6.92 Å². The molecule has 0 saturated carbocycles. The summed E-state index contributed by atoms with van der Waals surface area (Å²) >= 11 is 0. The van der Waals surface area contributed by atoms with Gasteiger partial charge in [-0.3, -0.25) is 4.18 Å². The van der Waals surface area contributed by atoms with Crippen molar-refractivity contribution in [2.24, 2.45) is 5.92 Å². The van der Waals surface area contributed by atoms with E-state index in [-0.39, 0.29) is 11.5 Å². The Morgan fingerprint density at radius 2 is 1.78 bits per heavy atom. The minimum atomic E-state index is -3.60. The monoisotopic (exact) mass is 270 g/mol. The van der Waals surface area contributed by atoms with Crippen LogP contribution >= 0.6 is 0 Å². The summed E-state index contributed by atoms with van der Waals surface area (Å²) in [6, 6.07) is 6.73. The summed E-state index contributed by atoms with van der Waals surface area (Å²) < 4.78 is 29.0. The first kappa shape index (κ1) is 15.2. The van der Waals surface area contributed by atoms with Gasteiger partial charge in [0, 0.05) is 0 Å². The normalized spacial score (nSPS) is 13.5. The second-order valence-corrected chi connectivity index (χ2v) is 6.23. The van der Waals surface area contributed by atoms with Gasteiger partial charge in [-0.25, -0.2) is 0 Å². The lowest BCUT2D eigenvalue weighted by molar-refractivity contribution is 0.240. The third kappa shape index (κ3) is 4.42. The first-order valence-corrected chi connectivity index (χ1v) is 7.86. The van der Waals surface area contributed by atoms with E-state index in [2.05, 4.69) is 13.8 Å². The molecular formula is C14H22O3S. The Bertz CT molecular complexity index is 448. The van der Waals surface area contributed by atoms with Gasteiger partial charge < -0.3 is 0 Å². The van der Waals surface area contributed by atoms with Gasteiger partial charge in [0.05, 0.1) is 11.5 Å². The Morgan fingerprint density at radius 1 is 1.17 bits per heavy atom. The molecule has 102 valence electrons. The largest absolute Gasteiger partial charge is 0.296 e. The predicted molar refractivity (Wildman–Crippen MR) is 73.0 cm³/mol. The number of benzene rings is 1. The van der Waals surface area contributed by atoms with E-state index in [0.29, 0.717) is 5.92 Å². The Labute approximate surface area is 110 Å². The highest BCUT2D eigenvalue weighted by Crippen LogP contribution is 2.17. The SMILES string of the molecule is CCCC(CC)COS(=O)(=O)c1ccc(C)cc1. The molecule has 1 unspecified atom stereocenters. The molecule has 0 radical (unpaired) electrons. The molecule has 18 heavy (non-hydrogen) atoms. The van der Waals surface area contributed by atoms with Gasteiger partial charge in [-0.05, 0) is 31.4 Å². The van der Waals surface area contributed by atoms with Crippen molar-refractivity contribution in [1.82, 2.24) is 0 Å². The number of hydrogen-bond donors (Lipinski definition) is 0. The molecule has 0 spiro atoms. The summed E-state index contributed by atoms with van der Waals surface area (Å²) in [7, 11) is -3.60. The molecule has 1 aromatic rings. The Morgan fingerprint density at radius 3 is 2.28 bits per heavy atom. The predicted octanol–water partition coefficient (Wildman–Crippen LogP) is 3.53. The standard InChI is InChI=1S/C14H22O3S/c1-4-6-13(5-2)11-17-18(15,16)14-9-7-12(3)8-10-14/h7-10,13H,4-6,11H2,1-3H3. The topological polar surface area (TPSA) is 43.4 Å². The number of rotatable bonds is 7. The molecule has 0 amide bonds. The number of hydrogen-bond acceptors (Lipinski definition) is 3. The van der Waals surface area contributed by atoms with Crippen LogP contribution < -0.4 is 0 Å². The van der Waals surface area contributed by atoms with Gasteiger partial charge in [0.2, 0.25) is 0 Å². The smallest absolute Gasteiger partial charge is 0.266 e. The molecule has 1 rings (SSSR count). The second kappa shape index (κ2) is 6.90. The van der Waals surface area contributed by atoms with E-state index in [4.69, 9.17) is 4.18 Å². The molecule has 0 saturated heterocycles. The first-order valence-electron chi connectivity index (χ1n) is 6.45. The van der Waals surface area contributed by atoms with E-state index < -0.39 is 10.1 Å². The Balaban J connectivity index is 2.67. The van der Waals surface area contributed by atoms with E-state index in [9.17, 15) is 8.42 Å². The zero-order valence-electron chi connectivity index (χ0n) is 11.3. The fourth-order valence-corrected chi connectivity index (χ4v) is 2.75. The highest BCUT2D eigenvalue weighted by atomic mass is 32.2. The first-order chi connectivity index (χ1) is 8.49. The highest BCUT2D eigenvalue weighted by Gasteiger charge is 2.17. The average molecular weight is 270 g/mol. The molecule has 0 fully saturated rings. The van der Waals surface area contributed by atoms with Crippen molar-refractivity contribution in [3.8, 4) is 0 Å². The third-order valence-electron chi connectivity index (χ3n) is 3.04.